The van der Waals surface area contributed by atoms with Crippen molar-refractivity contribution in [3.8, 4) is 11.3 Å². The zero-order valence-electron chi connectivity index (χ0n) is 9.11. The van der Waals surface area contributed by atoms with Crippen LogP contribution in [0.3, 0.4) is 0 Å². The molecule has 1 aromatic heterocycles. The number of benzene rings is 1. The van der Waals surface area contributed by atoms with E-state index < -0.39 is 0 Å². The fourth-order valence-corrected chi connectivity index (χ4v) is 1.99. The van der Waals surface area contributed by atoms with Crippen molar-refractivity contribution in [2.45, 2.75) is 0 Å². The summed E-state index contributed by atoms with van der Waals surface area (Å²) in [5.41, 5.74) is 6.71. The minimum absolute atomic E-state index is 0.162. The van der Waals surface area contributed by atoms with Gasteiger partial charge in [0.1, 0.15) is 11.6 Å². The molecule has 0 spiro atoms. The summed E-state index contributed by atoms with van der Waals surface area (Å²) >= 11 is 3.27. The average molecular weight is 310 g/mol. The van der Waals surface area contributed by atoms with E-state index in [2.05, 4.69) is 20.9 Å². The molecule has 1 aromatic carbocycles. The van der Waals surface area contributed by atoms with E-state index in [1.54, 1.807) is 12.1 Å². The normalized spacial score (nSPS) is 10.3. The number of aromatic nitrogens is 2. The first-order chi connectivity index (χ1) is 8.54. The summed E-state index contributed by atoms with van der Waals surface area (Å²) in [6, 6.07) is 5.72. The van der Waals surface area contributed by atoms with Gasteiger partial charge in [0.25, 0.3) is 0 Å². The maximum Gasteiger partial charge on any atom is 0.229 e. The lowest BCUT2D eigenvalue weighted by Crippen LogP contribution is -2.26. The third kappa shape index (κ3) is 2.04. The lowest BCUT2D eigenvalue weighted by Gasteiger charge is -2.10. The van der Waals surface area contributed by atoms with E-state index >= 15 is 0 Å². The van der Waals surface area contributed by atoms with Crippen LogP contribution in [-0.2, 0) is 0 Å². The van der Waals surface area contributed by atoms with Gasteiger partial charge in [-0.25, -0.2) is 9.37 Å². The van der Waals surface area contributed by atoms with Gasteiger partial charge in [-0.05, 0) is 40.2 Å². The molecule has 0 saturated heterocycles. The van der Waals surface area contributed by atoms with Gasteiger partial charge < -0.3 is 5.73 Å². The Balaban J connectivity index is 2.70. The van der Waals surface area contributed by atoms with Crippen LogP contribution in [0.5, 0.6) is 0 Å². The molecular weight excluding hydrogens is 301 g/mol. The predicted molar refractivity (Wildman–Crippen MR) is 69.8 cm³/mol. The summed E-state index contributed by atoms with van der Waals surface area (Å²) < 4.78 is 14.4. The monoisotopic (exact) mass is 309 g/mol. The van der Waals surface area contributed by atoms with E-state index in [1.807, 2.05) is 0 Å². The van der Waals surface area contributed by atoms with E-state index in [1.165, 1.54) is 12.1 Å². The quantitative estimate of drug-likeness (QED) is 0.584. The number of nitrogens with two attached hydrogens (primary N) is 1. The Labute approximate surface area is 110 Å². The van der Waals surface area contributed by atoms with Crippen molar-refractivity contribution >= 4 is 28.1 Å². The Morgan fingerprint density at radius 3 is 2.50 bits per heavy atom. The van der Waals surface area contributed by atoms with E-state index in [-0.39, 0.29) is 17.3 Å². The molecule has 92 valence electrons. The molecule has 0 aliphatic heterocycles. The van der Waals surface area contributed by atoms with Crippen molar-refractivity contribution in [1.82, 2.24) is 9.55 Å². The molecule has 0 radical (unpaired) electrons. The fraction of sp³-hybridized carbons (Fsp3) is 0. The van der Waals surface area contributed by atoms with Gasteiger partial charge in [0.05, 0.1) is 16.5 Å². The maximum absolute atomic E-state index is 12.9. The standard InChI is InChI=1S/C11H9BrFN5/c12-8-9(6-1-3-7(13)4-2-6)17-11(16)18(5-14)10(8)15/h1-5,14,16H,15H2. The van der Waals surface area contributed by atoms with E-state index in [4.69, 9.17) is 16.6 Å². The largest absolute Gasteiger partial charge is 0.384 e. The molecule has 0 bridgehead atoms. The topological polar surface area (TPSA) is 91.5 Å². The molecule has 0 fully saturated rings. The zero-order chi connectivity index (χ0) is 13.3. The zero-order valence-corrected chi connectivity index (χ0v) is 10.7. The van der Waals surface area contributed by atoms with Crippen LogP contribution in [0.2, 0.25) is 0 Å². The van der Waals surface area contributed by atoms with Crippen LogP contribution in [0.15, 0.2) is 28.7 Å². The third-order valence-corrected chi connectivity index (χ3v) is 3.17. The number of nitrogens with one attached hydrogen (secondary N) is 2. The summed E-state index contributed by atoms with van der Waals surface area (Å²) in [4.78, 5) is 4.03. The van der Waals surface area contributed by atoms with Crippen molar-refractivity contribution in [3.05, 3.63) is 40.2 Å². The van der Waals surface area contributed by atoms with Gasteiger partial charge in [-0.3, -0.25) is 15.4 Å². The SMILES string of the molecule is N=Cn1c(N)c(Br)c(-c2ccc(F)cc2)nc1=N. The highest BCUT2D eigenvalue weighted by atomic mass is 79.9. The predicted octanol–water partition coefficient (Wildman–Crippen LogP) is 1.97. The van der Waals surface area contributed by atoms with Crippen LogP contribution < -0.4 is 11.4 Å². The Kier molecular flexibility index (Phi) is 3.24. The number of anilines is 1. The molecule has 0 amide bonds. The van der Waals surface area contributed by atoms with E-state index in [9.17, 15) is 4.39 Å². The Morgan fingerprint density at radius 1 is 1.33 bits per heavy atom. The van der Waals surface area contributed by atoms with Crippen molar-refractivity contribution in [1.29, 1.82) is 10.8 Å². The molecule has 0 aliphatic carbocycles. The first-order valence-electron chi connectivity index (χ1n) is 4.93. The van der Waals surface area contributed by atoms with Crippen molar-refractivity contribution in [2.24, 2.45) is 0 Å². The van der Waals surface area contributed by atoms with Crippen LogP contribution in [-0.4, -0.2) is 15.9 Å². The van der Waals surface area contributed by atoms with E-state index in [0.717, 1.165) is 10.9 Å². The van der Waals surface area contributed by atoms with Crippen LogP contribution >= 0.6 is 15.9 Å². The molecule has 0 saturated carbocycles. The molecule has 0 aliphatic rings. The second-order valence-electron chi connectivity index (χ2n) is 3.49. The van der Waals surface area contributed by atoms with Gasteiger partial charge in [-0.15, -0.1) is 0 Å². The first kappa shape index (κ1) is 12.4. The molecule has 2 aromatic rings. The average Bonchev–Trinajstić information content (AvgIpc) is 2.36. The minimum Gasteiger partial charge on any atom is -0.384 e. The lowest BCUT2D eigenvalue weighted by atomic mass is 10.1. The summed E-state index contributed by atoms with van der Waals surface area (Å²) in [7, 11) is 0. The molecule has 0 unspecified atom stereocenters. The summed E-state index contributed by atoms with van der Waals surface area (Å²) in [6.07, 6.45) is 0.907. The smallest absolute Gasteiger partial charge is 0.229 e. The molecule has 7 heteroatoms. The Bertz CT molecular complexity index is 662. The van der Waals surface area contributed by atoms with Gasteiger partial charge in [0, 0.05) is 5.56 Å². The first-order valence-corrected chi connectivity index (χ1v) is 5.72. The van der Waals surface area contributed by atoms with Crippen LogP contribution in [0.1, 0.15) is 0 Å². The summed E-state index contributed by atoms with van der Waals surface area (Å²) in [6.45, 7) is 0. The molecule has 2 rings (SSSR count). The van der Waals surface area contributed by atoms with Gasteiger partial charge in [0.15, 0.2) is 0 Å². The van der Waals surface area contributed by atoms with Crippen molar-refractivity contribution in [3.63, 3.8) is 0 Å². The van der Waals surface area contributed by atoms with Gasteiger partial charge in [-0.2, -0.15) is 0 Å². The van der Waals surface area contributed by atoms with Gasteiger partial charge in [0.2, 0.25) is 5.62 Å². The summed E-state index contributed by atoms with van der Waals surface area (Å²) in [5.74, 6) is -0.149. The molecule has 1 heterocycles. The third-order valence-electron chi connectivity index (χ3n) is 2.38. The fourth-order valence-electron chi connectivity index (χ4n) is 1.48. The van der Waals surface area contributed by atoms with Crippen LogP contribution in [0.4, 0.5) is 10.2 Å². The minimum atomic E-state index is -0.348. The lowest BCUT2D eigenvalue weighted by molar-refractivity contribution is 0.628. The number of hydrogen-bond donors (Lipinski definition) is 3. The van der Waals surface area contributed by atoms with E-state index in [0.29, 0.717) is 15.7 Å². The van der Waals surface area contributed by atoms with Crippen LogP contribution in [0, 0.1) is 16.6 Å². The van der Waals surface area contributed by atoms with Crippen molar-refractivity contribution < 1.29 is 4.39 Å². The Morgan fingerprint density at radius 2 is 1.94 bits per heavy atom. The van der Waals surface area contributed by atoms with Gasteiger partial charge in [-0.1, -0.05) is 0 Å². The number of hydrogen-bond acceptors (Lipinski definition) is 4. The molecular formula is C11H9BrFN5. The molecule has 5 nitrogen and oxygen atoms in total. The highest BCUT2D eigenvalue weighted by Crippen LogP contribution is 2.29. The number of nitrogens with zero attached hydrogens (tertiary/aromatic N) is 2. The molecule has 18 heavy (non-hydrogen) atoms. The number of nitrogen functional groups attached to an aromatic ring is 1. The highest BCUT2D eigenvalue weighted by Gasteiger charge is 2.12. The highest BCUT2D eigenvalue weighted by molar-refractivity contribution is 9.10. The molecule has 4 N–H and O–H groups in total. The van der Waals surface area contributed by atoms with Crippen LogP contribution in [0.25, 0.3) is 11.3 Å². The number of rotatable bonds is 2. The Hall–Kier alpha value is -2.02. The van der Waals surface area contributed by atoms with Gasteiger partial charge >= 0.3 is 0 Å². The number of halogens is 2. The second kappa shape index (κ2) is 4.69. The second-order valence-corrected chi connectivity index (χ2v) is 4.28. The summed E-state index contributed by atoms with van der Waals surface area (Å²) in [5, 5.41) is 14.8. The maximum atomic E-state index is 12.9. The van der Waals surface area contributed by atoms with Crippen molar-refractivity contribution in [2.75, 3.05) is 5.73 Å². The molecule has 0 atom stereocenters.